The molecule has 0 aliphatic heterocycles. The number of pyridine rings is 1. The van der Waals surface area contributed by atoms with Crippen LogP contribution in [0.25, 0.3) is 5.82 Å². The van der Waals surface area contributed by atoms with E-state index in [2.05, 4.69) is 38.6 Å². The standard InChI is InChI=1S/C16H22N6.HI/c1-2-18-16(20-9-13-3-4-13)21-11-14-5-6-15(19-10-14)22-8-7-17-12-22;/h5-8,10,12-13H,2-4,9,11H2,1H3,(H2,18,20,21);1H. The first-order chi connectivity index (χ1) is 10.8. The Morgan fingerprint density at radius 3 is 2.83 bits per heavy atom. The fraction of sp³-hybridized carbons (Fsp3) is 0.438. The second-order valence-electron chi connectivity index (χ2n) is 5.51. The number of aliphatic imine (C=N–C) groups is 1. The van der Waals surface area contributed by atoms with E-state index in [1.54, 1.807) is 12.5 Å². The quantitative estimate of drug-likeness (QED) is 0.423. The molecule has 124 valence electrons. The lowest BCUT2D eigenvalue weighted by Crippen LogP contribution is -2.38. The molecule has 1 aliphatic rings. The molecule has 3 rings (SSSR count). The fourth-order valence-electron chi connectivity index (χ4n) is 2.13. The Morgan fingerprint density at radius 2 is 2.22 bits per heavy atom. The highest BCUT2D eigenvalue weighted by Crippen LogP contribution is 2.27. The van der Waals surface area contributed by atoms with Crippen LogP contribution in [0, 0.1) is 5.92 Å². The van der Waals surface area contributed by atoms with Gasteiger partial charge in [-0.05, 0) is 37.3 Å². The smallest absolute Gasteiger partial charge is 0.191 e. The normalized spacial score (nSPS) is 14.2. The van der Waals surface area contributed by atoms with E-state index in [-0.39, 0.29) is 24.0 Å². The van der Waals surface area contributed by atoms with Crippen molar-refractivity contribution >= 4 is 29.9 Å². The summed E-state index contributed by atoms with van der Waals surface area (Å²) in [5.74, 6) is 2.58. The molecule has 0 atom stereocenters. The molecule has 0 amide bonds. The van der Waals surface area contributed by atoms with Crippen molar-refractivity contribution in [3.63, 3.8) is 0 Å². The van der Waals surface area contributed by atoms with Gasteiger partial charge in [0.15, 0.2) is 5.96 Å². The summed E-state index contributed by atoms with van der Waals surface area (Å²) in [6.45, 7) is 4.59. The molecule has 0 radical (unpaired) electrons. The van der Waals surface area contributed by atoms with Gasteiger partial charge in [-0.3, -0.25) is 4.57 Å². The number of guanidine groups is 1. The van der Waals surface area contributed by atoms with Gasteiger partial charge in [-0.15, -0.1) is 24.0 Å². The monoisotopic (exact) mass is 426 g/mol. The highest BCUT2D eigenvalue weighted by atomic mass is 127. The summed E-state index contributed by atoms with van der Waals surface area (Å²) in [6.07, 6.45) is 9.91. The maximum absolute atomic E-state index is 4.61. The lowest BCUT2D eigenvalue weighted by Gasteiger charge is -2.10. The van der Waals surface area contributed by atoms with Crippen molar-refractivity contribution in [2.24, 2.45) is 10.9 Å². The van der Waals surface area contributed by atoms with Crippen molar-refractivity contribution in [1.29, 1.82) is 0 Å². The molecule has 1 aliphatic carbocycles. The first-order valence-corrected chi connectivity index (χ1v) is 7.80. The van der Waals surface area contributed by atoms with Crippen LogP contribution in [0.3, 0.4) is 0 Å². The van der Waals surface area contributed by atoms with Crippen LogP contribution in [0.15, 0.2) is 42.0 Å². The van der Waals surface area contributed by atoms with Gasteiger partial charge in [0, 0.05) is 31.7 Å². The van der Waals surface area contributed by atoms with Crippen LogP contribution in [-0.4, -0.2) is 33.6 Å². The summed E-state index contributed by atoms with van der Waals surface area (Å²) in [5.41, 5.74) is 1.09. The van der Waals surface area contributed by atoms with E-state index in [4.69, 9.17) is 0 Å². The molecule has 0 unspecified atom stereocenters. The van der Waals surface area contributed by atoms with Gasteiger partial charge in [0.1, 0.15) is 12.1 Å². The SMILES string of the molecule is CCNC(=NCc1ccc(-n2ccnc2)nc1)NCC1CC1.I. The molecule has 2 N–H and O–H groups in total. The molecule has 0 saturated heterocycles. The second kappa shape index (κ2) is 8.85. The van der Waals surface area contributed by atoms with Gasteiger partial charge < -0.3 is 10.6 Å². The van der Waals surface area contributed by atoms with Crippen molar-refractivity contribution in [2.75, 3.05) is 13.1 Å². The van der Waals surface area contributed by atoms with Gasteiger partial charge in [-0.25, -0.2) is 15.0 Å². The van der Waals surface area contributed by atoms with Crippen molar-refractivity contribution in [3.8, 4) is 5.82 Å². The average Bonchev–Trinajstić information content (AvgIpc) is 3.22. The summed E-state index contributed by atoms with van der Waals surface area (Å²) in [7, 11) is 0. The molecular formula is C16H23IN6. The van der Waals surface area contributed by atoms with E-state index in [0.29, 0.717) is 6.54 Å². The van der Waals surface area contributed by atoms with Gasteiger partial charge in [-0.2, -0.15) is 0 Å². The second-order valence-corrected chi connectivity index (χ2v) is 5.51. The third kappa shape index (κ3) is 5.49. The Hall–Kier alpha value is -1.64. The first kappa shape index (κ1) is 17.7. The third-order valence-electron chi connectivity index (χ3n) is 3.60. The Morgan fingerprint density at radius 1 is 1.35 bits per heavy atom. The molecule has 2 aromatic heterocycles. The van der Waals surface area contributed by atoms with E-state index in [1.807, 2.05) is 23.0 Å². The van der Waals surface area contributed by atoms with Crippen molar-refractivity contribution < 1.29 is 0 Å². The van der Waals surface area contributed by atoms with Crippen molar-refractivity contribution in [3.05, 3.63) is 42.6 Å². The Kier molecular flexibility index (Phi) is 6.82. The van der Waals surface area contributed by atoms with Crippen LogP contribution in [0.1, 0.15) is 25.3 Å². The summed E-state index contributed by atoms with van der Waals surface area (Å²) >= 11 is 0. The summed E-state index contributed by atoms with van der Waals surface area (Å²) < 4.78 is 1.88. The number of hydrogen-bond donors (Lipinski definition) is 2. The summed E-state index contributed by atoms with van der Waals surface area (Å²) in [6, 6.07) is 4.04. The number of aromatic nitrogens is 3. The largest absolute Gasteiger partial charge is 0.357 e. The molecule has 1 fully saturated rings. The van der Waals surface area contributed by atoms with Gasteiger partial charge >= 0.3 is 0 Å². The fourth-order valence-corrected chi connectivity index (χ4v) is 2.13. The third-order valence-corrected chi connectivity index (χ3v) is 3.60. The molecule has 0 spiro atoms. The summed E-state index contributed by atoms with van der Waals surface area (Å²) in [4.78, 5) is 13.1. The van der Waals surface area contributed by atoms with Crippen LogP contribution in [0.2, 0.25) is 0 Å². The molecule has 1 saturated carbocycles. The zero-order valence-electron chi connectivity index (χ0n) is 13.3. The molecule has 0 aromatic carbocycles. The highest BCUT2D eigenvalue weighted by Gasteiger charge is 2.20. The average molecular weight is 426 g/mol. The lowest BCUT2D eigenvalue weighted by atomic mass is 10.3. The number of nitrogens with one attached hydrogen (secondary N) is 2. The zero-order chi connectivity index (χ0) is 15.2. The van der Waals surface area contributed by atoms with Crippen molar-refractivity contribution in [1.82, 2.24) is 25.2 Å². The van der Waals surface area contributed by atoms with Gasteiger partial charge in [-0.1, -0.05) is 6.07 Å². The van der Waals surface area contributed by atoms with Gasteiger partial charge in [0.2, 0.25) is 0 Å². The number of rotatable bonds is 6. The van der Waals surface area contributed by atoms with E-state index in [9.17, 15) is 0 Å². The number of halogens is 1. The molecular weight excluding hydrogens is 403 g/mol. The molecule has 0 bridgehead atoms. The Balaban J connectivity index is 0.00000192. The molecule has 2 heterocycles. The Labute approximate surface area is 153 Å². The maximum Gasteiger partial charge on any atom is 0.191 e. The molecule has 23 heavy (non-hydrogen) atoms. The molecule has 2 aromatic rings. The van der Waals surface area contributed by atoms with E-state index in [0.717, 1.165) is 36.3 Å². The minimum atomic E-state index is 0. The van der Waals surface area contributed by atoms with Crippen molar-refractivity contribution in [2.45, 2.75) is 26.3 Å². The molecule has 6 nitrogen and oxygen atoms in total. The Bertz CT molecular complexity index is 604. The first-order valence-electron chi connectivity index (χ1n) is 7.80. The van der Waals surface area contributed by atoms with E-state index < -0.39 is 0 Å². The van der Waals surface area contributed by atoms with E-state index >= 15 is 0 Å². The van der Waals surface area contributed by atoms with Crippen LogP contribution < -0.4 is 10.6 Å². The topological polar surface area (TPSA) is 67.1 Å². The summed E-state index contributed by atoms with van der Waals surface area (Å²) in [5, 5.41) is 6.67. The van der Waals surface area contributed by atoms with Gasteiger partial charge in [0.25, 0.3) is 0 Å². The number of imidazole rings is 1. The van der Waals surface area contributed by atoms with Crippen LogP contribution in [0.4, 0.5) is 0 Å². The number of hydrogen-bond acceptors (Lipinski definition) is 3. The van der Waals surface area contributed by atoms with Gasteiger partial charge in [0.05, 0.1) is 6.54 Å². The minimum Gasteiger partial charge on any atom is -0.357 e. The minimum absolute atomic E-state index is 0. The maximum atomic E-state index is 4.61. The van der Waals surface area contributed by atoms with Crippen LogP contribution in [-0.2, 0) is 6.54 Å². The molecule has 7 heteroatoms. The zero-order valence-corrected chi connectivity index (χ0v) is 15.6. The predicted molar refractivity (Wildman–Crippen MR) is 102 cm³/mol. The highest BCUT2D eigenvalue weighted by molar-refractivity contribution is 14.0. The number of nitrogens with zero attached hydrogens (tertiary/aromatic N) is 4. The van der Waals surface area contributed by atoms with Crippen LogP contribution >= 0.6 is 24.0 Å². The lowest BCUT2D eigenvalue weighted by molar-refractivity contribution is 0.739. The predicted octanol–water partition coefficient (Wildman–Crippen LogP) is 2.35. The van der Waals surface area contributed by atoms with E-state index in [1.165, 1.54) is 12.8 Å². The van der Waals surface area contributed by atoms with Crippen LogP contribution in [0.5, 0.6) is 0 Å².